The van der Waals surface area contributed by atoms with Crippen LogP contribution in [0, 0.1) is 0 Å². The molecule has 3 heterocycles. The monoisotopic (exact) mass is 442 g/mol. The second-order valence-electron chi connectivity index (χ2n) is 7.03. The Bertz CT molecular complexity index is 1500. The molecule has 32 heavy (non-hydrogen) atoms. The van der Waals surface area contributed by atoms with Gasteiger partial charge in [-0.15, -0.1) is 10.2 Å². The van der Waals surface area contributed by atoms with E-state index in [2.05, 4.69) is 10.2 Å². The zero-order valence-corrected chi connectivity index (χ0v) is 17.9. The van der Waals surface area contributed by atoms with E-state index in [1.165, 1.54) is 18.2 Å². The summed E-state index contributed by atoms with van der Waals surface area (Å²) >= 11 is 0. The summed E-state index contributed by atoms with van der Waals surface area (Å²) in [5, 5.41) is 13.0. The van der Waals surface area contributed by atoms with Crippen LogP contribution in [0.15, 0.2) is 101 Å². The lowest BCUT2D eigenvalue weighted by Crippen LogP contribution is -2.06. The Morgan fingerprint density at radius 1 is 0.812 bits per heavy atom. The maximum absolute atomic E-state index is 12.9. The number of nitrogens with zero attached hydrogens (tertiary/aromatic N) is 4. The van der Waals surface area contributed by atoms with Gasteiger partial charge in [0.25, 0.3) is 0 Å². The van der Waals surface area contributed by atoms with Gasteiger partial charge < -0.3 is 4.74 Å². The third kappa shape index (κ3) is 3.30. The summed E-state index contributed by atoms with van der Waals surface area (Å²) in [6, 6.07) is 24.7. The Balaban J connectivity index is 1.70. The quantitative estimate of drug-likeness (QED) is 0.403. The van der Waals surface area contributed by atoms with Gasteiger partial charge in [0.15, 0.2) is 5.03 Å². The zero-order chi connectivity index (χ0) is 22.1. The van der Waals surface area contributed by atoms with Crippen molar-refractivity contribution in [2.24, 2.45) is 0 Å². The van der Waals surface area contributed by atoms with E-state index in [4.69, 9.17) is 9.84 Å². The van der Waals surface area contributed by atoms with Gasteiger partial charge >= 0.3 is 0 Å². The van der Waals surface area contributed by atoms with Gasteiger partial charge in [0, 0.05) is 11.8 Å². The van der Waals surface area contributed by atoms with Crippen LogP contribution in [0.1, 0.15) is 0 Å². The highest BCUT2D eigenvalue weighted by Gasteiger charge is 2.23. The Morgan fingerprint density at radius 3 is 2.19 bits per heavy atom. The molecule has 5 aromatic rings. The first-order chi connectivity index (χ1) is 15.6. The molecule has 0 unspecified atom stereocenters. The lowest BCUT2D eigenvalue weighted by Gasteiger charge is -2.07. The topological polar surface area (TPSA) is 86.5 Å². The maximum Gasteiger partial charge on any atom is 0.225 e. The highest BCUT2D eigenvalue weighted by molar-refractivity contribution is 7.91. The SMILES string of the molecule is COc1cccn2nc(-c3ccccc3)c(-c3ccc(S(=O)(=O)c4ccccc4)nn3)c12. The number of pyridine rings is 1. The Labute approximate surface area is 184 Å². The third-order valence-electron chi connectivity index (χ3n) is 5.11. The van der Waals surface area contributed by atoms with E-state index in [9.17, 15) is 8.42 Å². The van der Waals surface area contributed by atoms with Crippen molar-refractivity contribution in [3.8, 4) is 28.3 Å². The van der Waals surface area contributed by atoms with Crippen LogP contribution in [0.3, 0.4) is 0 Å². The summed E-state index contributed by atoms with van der Waals surface area (Å²) in [5.41, 5.74) is 3.53. The standard InChI is InChI=1S/C24H18N4O3S/c1-31-20-13-8-16-28-24(20)22(23(27-28)17-9-4-2-5-10-17)19-14-15-21(26-25-19)32(29,30)18-11-6-3-7-12-18/h2-16H,1H3. The Morgan fingerprint density at radius 2 is 1.53 bits per heavy atom. The molecule has 0 aliphatic carbocycles. The van der Waals surface area contributed by atoms with E-state index in [-0.39, 0.29) is 9.92 Å². The zero-order valence-electron chi connectivity index (χ0n) is 17.1. The highest BCUT2D eigenvalue weighted by atomic mass is 32.2. The number of methoxy groups -OCH3 is 1. The highest BCUT2D eigenvalue weighted by Crippen LogP contribution is 2.38. The summed E-state index contributed by atoms with van der Waals surface area (Å²) in [5.74, 6) is 0.625. The molecule has 8 heteroatoms. The van der Waals surface area contributed by atoms with Crippen molar-refractivity contribution in [2.75, 3.05) is 7.11 Å². The van der Waals surface area contributed by atoms with Crippen molar-refractivity contribution in [3.63, 3.8) is 0 Å². The molecule has 0 N–H and O–H groups in total. The average Bonchev–Trinajstić information content (AvgIpc) is 3.25. The van der Waals surface area contributed by atoms with E-state index >= 15 is 0 Å². The van der Waals surface area contributed by atoms with Gasteiger partial charge in [0.05, 0.1) is 23.3 Å². The van der Waals surface area contributed by atoms with Crippen LogP contribution in [-0.2, 0) is 9.84 Å². The molecular weight excluding hydrogens is 424 g/mol. The molecule has 158 valence electrons. The molecule has 0 spiro atoms. The number of hydrogen-bond acceptors (Lipinski definition) is 6. The van der Waals surface area contributed by atoms with Crippen molar-refractivity contribution in [2.45, 2.75) is 9.92 Å². The van der Waals surface area contributed by atoms with Crippen molar-refractivity contribution < 1.29 is 13.2 Å². The molecular formula is C24H18N4O3S. The number of benzene rings is 2. The molecule has 7 nitrogen and oxygen atoms in total. The Kier molecular flexibility index (Phi) is 4.91. The normalized spacial score (nSPS) is 11.5. The maximum atomic E-state index is 12.9. The molecule has 2 aromatic carbocycles. The average molecular weight is 443 g/mol. The van der Waals surface area contributed by atoms with Gasteiger partial charge in [-0.05, 0) is 36.4 Å². The van der Waals surface area contributed by atoms with E-state index in [0.29, 0.717) is 22.7 Å². The molecule has 0 atom stereocenters. The number of fused-ring (bicyclic) bond motifs is 1. The van der Waals surface area contributed by atoms with E-state index in [0.717, 1.165) is 11.1 Å². The molecule has 0 radical (unpaired) electrons. The molecule has 0 saturated heterocycles. The summed E-state index contributed by atoms with van der Waals surface area (Å²) in [7, 11) is -2.17. The second kappa shape index (κ2) is 7.90. The third-order valence-corrected chi connectivity index (χ3v) is 6.77. The van der Waals surface area contributed by atoms with Crippen LogP contribution in [0.5, 0.6) is 5.75 Å². The minimum absolute atomic E-state index is 0.114. The van der Waals surface area contributed by atoms with Crippen LogP contribution < -0.4 is 4.74 Å². The number of rotatable bonds is 5. The molecule has 0 aliphatic heterocycles. The summed E-state index contributed by atoms with van der Waals surface area (Å²) < 4.78 is 33.1. The number of sulfone groups is 1. The first-order valence-corrected chi connectivity index (χ1v) is 11.3. The second-order valence-corrected chi connectivity index (χ2v) is 8.93. The number of aromatic nitrogens is 4. The van der Waals surface area contributed by atoms with E-state index < -0.39 is 9.84 Å². The predicted octanol–water partition coefficient (Wildman–Crippen LogP) is 4.30. The molecule has 0 bridgehead atoms. The minimum atomic E-state index is -3.76. The van der Waals surface area contributed by atoms with Gasteiger partial charge in [-0.25, -0.2) is 12.9 Å². The predicted molar refractivity (Wildman–Crippen MR) is 120 cm³/mol. The van der Waals surface area contributed by atoms with Gasteiger partial charge in [-0.1, -0.05) is 48.5 Å². The Hall–Kier alpha value is -4.04. The van der Waals surface area contributed by atoms with E-state index in [1.54, 1.807) is 35.9 Å². The van der Waals surface area contributed by atoms with Crippen molar-refractivity contribution in [3.05, 3.63) is 91.1 Å². The van der Waals surface area contributed by atoms with Gasteiger partial charge in [-0.2, -0.15) is 5.10 Å². The van der Waals surface area contributed by atoms with Gasteiger partial charge in [-0.3, -0.25) is 0 Å². The smallest absolute Gasteiger partial charge is 0.225 e. The lowest BCUT2D eigenvalue weighted by molar-refractivity contribution is 0.417. The molecule has 0 saturated carbocycles. The fraction of sp³-hybridized carbons (Fsp3) is 0.0417. The fourth-order valence-electron chi connectivity index (χ4n) is 3.59. The van der Waals surface area contributed by atoms with Crippen LogP contribution in [-0.4, -0.2) is 35.3 Å². The molecule has 5 rings (SSSR count). The van der Waals surface area contributed by atoms with Crippen LogP contribution in [0.4, 0.5) is 0 Å². The van der Waals surface area contributed by atoms with E-state index in [1.807, 2.05) is 48.7 Å². The number of hydrogen-bond donors (Lipinski definition) is 0. The number of ether oxygens (including phenoxy) is 1. The van der Waals surface area contributed by atoms with Gasteiger partial charge in [0.1, 0.15) is 17.0 Å². The summed E-state index contributed by atoms with van der Waals surface area (Å²) in [4.78, 5) is 0.171. The fourth-order valence-corrected chi connectivity index (χ4v) is 4.74. The summed E-state index contributed by atoms with van der Waals surface area (Å²) in [6.07, 6.45) is 1.83. The first-order valence-electron chi connectivity index (χ1n) is 9.84. The largest absolute Gasteiger partial charge is 0.494 e. The van der Waals surface area contributed by atoms with Crippen LogP contribution >= 0.6 is 0 Å². The first kappa shape index (κ1) is 19.9. The molecule has 0 aliphatic rings. The molecule has 3 aromatic heterocycles. The van der Waals surface area contributed by atoms with Crippen LogP contribution in [0.2, 0.25) is 0 Å². The van der Waals surface area contributed by atoms with Crippen molar-refractivity contribution in [1.82, 2.24) is 19.8 Å². The van der Waals surface area contributed by atoms with Crippen LogP contribution in [0.25, 0.3) is 28.0 Å². The van der Waals surface area contributed by atoms with Crippen molar-refractivity contribution >= 4 is 15.4 Å². The lowest BCUT2D eigenvalue weighted by atomic mass is 10.0. The van der Waals surface area contributed by atoms with Crippen molar-refractivity contribution in [1.29, 1.82) is 0 Å². The molecule has 0 fully saturated rings. The molecule has 0 amide bonds. The summed E-state index contributed by atoms with van der Waals surface area (Å²) in [6.45, 7) is 0. The van der Waals surface area contributed by atoms with Gasteiger partial charge in [0.2, 0.25) is 9.84 Å². The minimum Gasteiger partial charge on any atom is -0.494 e.